The van der Waals surface area contributed by atoms with E-state index in [1.54, 1.807) is 6.07 Å². The van der Waals surface area contributed by atoms with E-state index >= 15 is 0 Å². The fourth-order valence-corrected chi connectivity index (χ4v) is 6.15. The summed E-state index contributed by atoms with van der Waals surface area (Å²) >= 11 is 3.37. The number of carboxylic acid groups (broad SMARTS) is 1. The van der Waals surface area contributed by atoms with Crippen molar-refractivity contribution in [1.29, 1.82) is 0 Å². The van der Waals surface area contributed by atoms with Crippen molar-refractivity contribution in [3.05, 3.63) is 75.8 Å². The molecule has 0 saturated heterocycles. The van der Waals surface area contributed by atoms with Gasteiger partial charge in [-0.05, 0) is 60.7 Å². The van der Waals surface area contributed by atoms with Crippen LogP contribution >= 0.6 is 15.9 Å². The predicted octanol–water partition coefficient (Wildman–Crippen LogP) is 7.30. The number of aliphatic imine (C=N–C) groups is 1. The van der Waals surface area contributed by atoms with Gasteiger partial charge in [0.25, 0.3) is 0 Å². The average Bonchev–Trinajstić information content (AvgIpc) is 3.32. The first-order valence-corrected chi connectivity index (χ1v) is 15.3. The zero-order chi connectivity index (χ0) is 29.6. The van der Waals surface area contributed by atoms with Crippen molar-refractivity contribution in [2.75, 3.05) is 0 Å². The SMILES string of the molecule is CCCCc1nc2c(n1Cc1ccc(-c3ccc(Br)cc3OC(=O)O)cc1)CC(=NC(=O)[C@@H]1CCCC[C@@H]1C=O)C=C2. The largest absolute Gasteiger partial charge is 0.511 e. The van der Waals surface area contributed by atoms with Gasteiger partial charge < -0.3 is 19.2 Å². The van der Waals surface area contributed by atoms with Gasteiger partial charge in [-0.2, -0.15) is 0 Å². The number of hydrogen-bond acceptors (Lipinski definition) is 5. The highest BCUT2D eigenvalue weighted by atomic mass is 79.9. The van der Waals surface area contributed by atoms with Crippen LogP contribution in [0.1, 0.15) is 68.2 Å². The third-order valence-corrected chi connectivity index (χ3v) is 8.52. The van der Waals surface area contributed by atoms with Crippen molar-refractivity contribution in [2.45, 2.75) is 64.8 Å². The number of imidazole rings is 1. The summed E-state index contributed by atoms with van der Waals surface area (Å²) in [5, 5.41) is 9.17. The highest BCUT2D eigenvalue weighted by molar-refractivity contribution is 9.10. The molecule has 2 atom stereocenters. The molecule has 1 amide bonds. The van der Waals surface area contributed by atoms with Crippen LogP contribution in [0.2, 0.25) is 0 Å². The number of ether oxygens (including phenoxy) is 1. The maximum atomic E-state index is 13.1. The summed E-state index contributed by atoms with van der Waals surface area (Å²) in [6, 6.07) is 13.3. The number of aldehydes is 1. The molecule has 42 heavy (non-hydrogen) atoms. The molecule has 8 nitrogen and oxygen atoms in total. The first-order chi connectivity index (χ1) is 20.4. The fourth-order valence-electron chi connectivity index (χ4n) is 5.81. The van der Waals surface area contributed by atoms with Gasteiger partial charge in [-0.1, -0.05) is 66.4 Å². The normalized spacial score (nSPS) is 19.0. The second-order valence-electron chi connectivity index (χ2n) is 10.9. The Kier molecular flexibility index (Phi) is 9.47. The Morgan fingerprint density at radius 1 is 1.14 bits per heavy atom. The van der Waals surface area contributed by atoms with E-state index in [1.807, 2.05) is 48.6 Å². The number of nitrogens with zero attached hydrogens (tertiary/aromatic N) is 3. The van der Waals surface area contributed by atoms with Gasteiger partial charge in [0.1, 0.15) is 17.9 Å². The number of halogens is 1. The van der Waals surface area contributed by atoms with Gasteiger partial charge in [0, 0.05) is 41.3 Å². The van der Waals surface area contributed by atoms with Crippen LogP contribution in [0, 0.1) is 11.8 Å². The van der Waals surface area contributed by atoms with Gasteiger partial charge >= 0.3 is 6.16 Å². The van der Waals surface area contributed by atoms with Crippen molar-refractivity contribution in [1.82, 2.24) is 9.55 Å². The van der Waals surface area contributed by atoms with E-state index in [9.17, 15) is 14.4 Å². The van der Waals surface area contributed by atoms with E-state index in [2.05, 4.69) is 32.4 Å². The lowest BCUT2D eigenvalue weighted by Crippen LogP contribution is -2.28. The second-order valence-corrected chi connectivity index (χ2v) is 11.8. The number of carbonyl (C=O) groups is 3. The van der Waals surface area contributed by atoms with E-state index in [1.165, 1.54) is 0 Å². The van der Waals surface area contributed by atoms with Crippen LogP contribution in [-0.4, -0.2) is 38.7 Å². The Morgan fingerprint density at radius 3 is 2.67 bits per heavy atom. The molecule has 0 spiro atoms. The van der Waals surface area contributed by atoms with Crippen molar-refractivity contribution in [3.8, 4) is 16.9 Å². The number of allylic oxidation sites excluding steroid dienone is 1. The molecule has 0 unspecified atom stereocenters. The third kappa shape index (κ3) is 6.78. The molecule has 2 aromatic carbocycles. The molecular formula is C33H34BrN3O5. The molecule has 3 aromatic rings. The van der Waals surface area contributed by atoms with Crippen LogP contribution in [0.25, 0.3) is 17.2 Å². The number of fused-ring (bicyclic) bond motifs is 1. The number of unbranched alkanes of at least 4 members (excludes halogenated alkanes) is 1. The molecule has 218 valence electrons. The molecule has 1 saturated carbocycles. The van der Waals surface area contributed by atoms with Crippen LogP contribution in [-0.2, 0) is 29.0 Å². The minimum atomic E-state index is -1.36. The summed E-state index contributed by atoms with van der Waals surface area (Å²) in [6.45, 7) is 2.76. The molecule has 5 rings (SSSR count). The van der Waals surface area contributed by atoms with E-state index in [4.69, 9.17) is 14.8 Å². The number of carbonyl (C=O) groups excluding carboxylic acids is 2. The van der Waals surface area contributed by atoms with Crippen LogP contribution in [0.3, 0.4) is 0 Å². The summed E-state index contributed by atoms with van der Waals surface area (Å²) in [4.78, 5) is 45.3. The highest BCUT2D eigenvalue weighted by Crippen LogP contribution is 2.34. The highest BCUT2D eigenvalue weighted by Gasteiger charge is 2.31. The van der Waals surface area contributed by atoms with Gasteiger partial charge in [-0.3, -0.25) is 4.79 Å². The fraction of sp³-hybridized carbons (Fsp3) is 0.364. The maximum absolute atomic E-state index is 13.1. The number of rotatable bonds is 9. The van der Waals surface area contributed by atoms with E-state index in [0.29, 0.717) is 30.7 Å². The number of aryl methyl sites for hydroxylation is 1. The number of hydrogen-bond donors (Lipinski definition) is 1. The Bertz CT molecular complexity index is 1540. The number of amides is 1. The molecule has 0 aliphatic heterocycles. The van der Waals surface area contributed by atoms with Crippen molar-refractivity contribution >= 4 is 46.1 Å². The number of benzene rings is 2. The summed E-state index contributed by atoms with van der Waals surface area (Å²) in [5.41, 5.74) is 5.21. The van der Waals surface area contributed by atoms with Crippen LogP contribution in [0.4, 0.5) is 4.79 Å². The van der Waals surface area contributed by atoms with Gasteiger partial charge in [0.2, 0.25) is 5.91 Å². The topological polar surface area (TPSA) is 111 Å². The third-order valence-electron chi connectivity index (χ3n) is 8.03. The maximum Gasteiger partial charge on any atom is 0.511 e. The lowest BCUT2D eigenvalue weighted by Gasteiger charge is -2.25. The van der Waals surface area contributed by atoms with Crippen molar-refractivity contribution in [3.63, 3.8) is 0 Å². The summed E-state index contributed by atoms with van der Waals surface area (Å²) in [6.07, 6.45) is 10.2. The molecule has 1 heterocycles. The second kappa shape index (κ2) is 13.4. The first kappa shape index (κ1) is 29.6. The lowest BCUT2D eigenvalue weighted by molar-refractivity contribution is -0.128. The predicted molar refractivity (Wildman–Crippen MR) is 165 cm³/mol. The zero-order valence-corrected chi connectivity index (χ0v) is 25.2. The Balaban J connectivity index is 1.40. The molecule has 1 N–H and O–H groups in total. The van der Waals surface area contributed by atoms with E-state index in [-0.39, 0.29) is 23.5 Å². The first-order valence-electron chi connectivity index (χ1n) is 14.5. The minimum absolute atomic E-state index is 0.193. The molecule has 1 fully saturated rings. The van der Waals surface area contributed by atoms with Gasteiger partial charge in [0.05, 0.1) is 17.1 Å². The smallest absolute Gasteiger partial charge is 0.449 e. The van der Waals surface area contributed by atoms with Gasteiger partial charge in [-0.15, -0.1) is 0 Å². The van der Waals surface area contributed by atoms with E-state index in [0.717, 1.165) is 77.6 Å². The quantitative estimate of drug-likeness (QED) is 0.151. The Morgan fingerprint density at radius 2 is 1.93 bits per heavy atom. The Hall–Kier alpha value is -3.85. The summed E-state index contributed by atoms with van der Waals surface area (Å²) in [5.74, 6) is 0.505. The lowest BCUT2D eigenvalue weighted by atomic mass is 9.79. The monoisotopic (exact) mass is 631 g/mol. The number of aromatic nitrogens is 2. The molecule has 2 aliphatic carbocycles. The summed E-state index contributed by atoms with van der Waals surface area (Å²) in [7, 11) is 0. The molecule has 1 aromatic heterocycles. The Labute approximate surface area is 253 Å². The zero-order valence-electron chi connectivity index (χ0n) is 23.6. The molecule has 2 aliphatic rings. The van der Waals surface area contributed by atoms with Gasteiger partial charge in [-0.25, -0.2) is 14.8 Å². The standard InChI is InChI=1S/C33H34BrN3O5/c1-2-3-8-31-36-28-16-14-25(35-32(39)27-7-5-4-6-23(27)20-38)18-29(28)37(31)19-21-9-11-22(12-10-21)26-15-13-24(34)17-30(26)42-33(40)41/h9-17,20,23,27H,2-8,18-19H2,1H3,(H,40,41)/t23-,27-/m1/s1. The molecular weight excluding hydrogens is 598 g/mol. The molecule has 0 bridgehead atoms. The van der Waals surface area contributed by atoms with Crippen LogP contribution in [0.15, 0.2) is 58.0 Å². The van der Waals surface area contributed by atoms with Crippen LogP contribution < -0.4 is 4.74 Å². The summed E-state index contributed by atoms with van der Waals surface area (Å²) < 4.78 is 7.97. The van der Waals surface area contributed by atoms with E-state index < -0.39 is 6.16 Å². The molecule has 9 heteroatoms. The minimum Gasteiger partial charge on any atom is -0.449 e. The molecule has 0 radical (unpaired) electrons. The van der Waals surface area contributed by atoms with Crippen LogP contribution in [0.5, 0.6) is 5.75 Å². The average molecular weight is 633 g/mol. The van der Waals surface area contributed by atoms with Crippen molar-refractivity contribution in [2.24, 2.45) is 16.8 Å². The van der Waals surface area contributed by atoms with Gasteiger partial charge in [0.15, 0.2) is 0 Å². The van der Waals surface area contributed by atoms with Crippen molar-refractivity contribution < 1.29 is 24.2 Å².